The fraction of sp³-hybridized carbons (Fsp3) is 0.333. The molecule has 1 aliphatic heterocycles. The molecule has 0 amide bonds. The van der Waals surface area contributed by atoms with E-state index < -0.39 is 0 Å². The SMILES string of the molecule is NNC(C1=CCCCO1)c1cc(Cl)ccc1I. The Morgan fingerprint density at radius 3 is 2.94 bits per heavy atom. The van der Waals surface area contributed by atoms with Crippen molar-refractivity contribution in [1.82, 2.24) is 5.43 Å². The van der Waals surface area contributed by atoms with Crippen molar-refractivity contribution in [2.75, 3.05) is 6.61 Å². The van der Waals surface area contributed by atoms with Crippen LogP contribution in [0.3, 0.4) is 0 Å². The molecule has 92 valence electrons. The lowest BCUT2D eigenvalue weighted by Crippen LogP contribution is -2.31. The number of rotatable bonds is 3. The Morgan fingerprint density at radius 1 is 1.47 bits per heavy atom. The van der Waals surface area contributed by atoms with E-state index in [1.54, 1.807) is 0 Å². The van der Waals surface area contributed by atoms with Crippen molar-refractivity contribution in [3.63, 3.8) is 0 Å². The summed E-state index contributed by atoms with van der Waals surface area (Å²) in [5.41, 5.74) is 3.85. The minimum absolute atomic E-state index is 0.124. The highest BCUT2D eigenvalue weighted by atomic mass is 127. The Balaban J connectivity index is 2.34. The summed E-state index contributed by atoms with van der Waals surface area (Å²) in [6, 6.07) is 5.65. The fourth-order valence-corrected chi connectivity index (χ4v) is 2.67. The first-order valence-electron chi connectivity index (χ1n) is 5.46. The number of nitrogens with two attached hydrogens (primary N) is 1. The molecule has 0 spiro atoms. The quantitative estimate of drug-likeness (QED) is 0.492. The molecule has 0 fully saturated rings. The minimum Gasteiger partial charge on any atom is -0.496 e. The number of nitrogens with one attached hydrogen (secondary N) is 1. The second kappa shape index (κ2) is 6.04. The van der Waals surface area contributed by atoms with Crippen LogP contribution < -0.4 is 11.3 Å². The van der Waals surface area contributed by atoms with Crippen LogP contribution in [-0.2, 0) is 4.74 Å². The van der Waals surface area contributed by atoms with E-state index in [0.717, 1.165) is 34.3 Å². The topological polar surface area (TPSA) is 47.3 Å². The summed E-state index contributed by atoms with van der Waals surface area (Å²) in [4.78, 5) is 0. The van der Waals surface area contributed by atoms with Crippen LogP contribution in [0.2, 0.25) is 5.02 Å². The molecule has 1 atom stereocenters. The Bertz CT molecular complexity index is 437. The van der Waals surface area contributed by atoms with Crippen LogP contribution in [0, 0.1) is 3.57 Å². The van der Waals surface area contributed by atoms with Crippen LogP contribution >= 0.6 is 34.2 Å². The zero-order valence-electron chi connectivity index (χ0n) is 9.25. The van der Waals surface area contributed by atoms with Crippen LogP contribution in [-0.4, -0.2) is 6.61 Å². The van der Waals surface area contributed by atoms with Gasteiger partial charge in [-0.05, 0) is 65.3 Å². The fourth-order valence-electron chi connectivity index (χ4n) is 1.84. The van der Waals surface area contributed by atoms with Crippen molar-refractivity contribution in [3.05, 3.63) is 44.2 Å². The number of hydrazine groups is 1. The Morgan fingerprint density at radius 2 is 2.29 bits per heavy atom. The lowest BCUT2D eigenvalue weighted by molar-refractivity contribution is 0.167. The first-order chi connectivity index (χ1) is 8.22. The van der Waals surface area contributed by atoms with Gasteiger partial charge in [0.05, 0.1) is 6.61 Å². The molecule has 0 aliphatic carbocycles. The molecule has 1 heterocycles. The summed E-state index contributed by atoms with van der Waals surface area (Å²) in [5, 5.41) is 0.706. The van der Waals surface area contributed by atoms with Crippen LogP contribution in [0.4, 0.5) is 0 Å². The first kappa shape index (κ1) is 13.1. The summed E-state index contributed by atoms with van der Waals surface area (Å²) >= 11 is 8.30. The standard InChI is InChI=1S/C12H14ClIN2O/c13-8-4-5-10(14)9(7-8)12(16-15)11-3-1-2-6-17-11/h3-5,7,12,16H,1-2,6,15H2. The molecule has 2 rings (SSSR count). The Kier molecular flexibility index (Phi) is 4.67. The van der Waals surface area contributed by atoms with E-state index in [-0.39, 0.29) is 6.04 Å². The van der Waals surface area contributed by atoms with Crippen molar-refractivity contribution in [3.8, 4) is 0 Å². The molecule has 0 aromatic heterocycles. The highest BCUT2D eigenvalue weighted by Crippen LogP contribution is 2.30. The van der Waals surface area contributed by atoms with Crippen LogP contribution in [0.25, 0.3) is 0 Å². The zero-order valence-corrected chi connectivity index (χ0v) is 12.2. The number of allylic oxidation sites excluding steroid dienone is 1. The van der Waals surface area contributed by atoms with Crippen molar-refractivity contribution in [2.24, 2.45) is 5.84 Å². The molecule has 0 saturated carbocycles. The molecule has 1 aromatic carbocycles. The molecular formula is C12H14ClIN2O. The van der Waals surface area contributed by atoms with E-state index in [2.05, 4.69) is 34.1 Å². The summed E-state index contributed by atoms with van der Waals surface area (Å²) < 4.78 is 6.77. The normalized spacial score (nSPS) is 17.2. The summed E-state index contributed by atoms with van der Waals surface area (Å²) in [6.07, 6.45) is 4.18. The monoisotopic (exact) mass is 364 g/mol. The largest absolute Gasteiger partial charge is 0.496 e. The van der Waals surface area contributed by atoms with Gasteiger partial charge in [0, 0.05) is 8.59 Å². The van der Waals surface area contributed by atoms with Gasteiger partial charge in [-0.15, -0.1) is 0 Å². The average Bonchev–Trinajstić information content (AvgIpc) is 2.36. The van der Waals surface area contributed by atoms with E-state index in [4.69, 9.17) is 22.2 Å². The molecule has 0 bridgehead atoms. The van der Waals surface area contributed by atoms with Crippen LogP contribution in [0.1, 0.15) is 24.4 Å². The molecule has 3 N–H and O–H groups in total. The molecule has 17 heavy (non-hydrogen) atoms. The van der Waals surface area contributed by atoms with Crippen molar-refractivity contribution >= 4 is 34.2 Å². The second-order valence-electron chi connectivity index (χ2n) is 3.86. The lowest BCUT2D eigenvalue weighted by atomic mass is 10.0. The number of ether oxygens (including phenoxy) is 1. The maximum absolute atomic E-state index is 6.02. The minimum atomic E-state index is -0.124. The molecule has 0 radical (unpaired) electrons. The van der Waals surface area contributed by atoms with Gasteiger partial charge in [-0.3, -0.25) is 5.84 Å². The van der Waals surface area contributed by atoms with Gasteiger partial charge in [0.1, 0.15) is 11.8 Å². The third-order valence-corrected chi connectivity index (χ3v) is 3.90. The van der Waals surface area contributed by atoms with E-state index in [1.165, 1.54) is 0 Å². The molecular weight excluding hydrogens is 351 g/mol. The van der Waals surface area contributed by atoms with Crippen molar-refractivity contribution in [2.45, 2.75) is 18.9 Å². The molecule has 1 aliphatic rings. The number of halogens is 2. The molecule has 1 aromatic rings. The Labute approximate surface area is 119 Å². The molecule has 1 unspecified atom stereocenters. The molecule has 0 saturated heterocycles. The highest BCUT2D eigenvalue weighted by molar-refractivity contribution is 14.1. The number of benzene rings is 1. The van der Waals surface area contributed by atoms with E-state index >= 15 is 0 Å². The van der Waals surface area contributed by atoms with Gasteiger partial charge in [0.25, 0.3) is 0 Å². The predicted octanol–water partition coefficient (Wildman–Crippen LogP) is 3.14. The van der Waals surface area contributed by atoms with Gasteiger partial charge >= 0.3 is 0 Å². The number of hydrogen-bond donors (Lipinski definition) is 2. The maximum Gasteiger partial charge on any atom is 0.115 e. The van der Waals surface area contributed by atoms with E-state index in [9.17, 15) is 0 Å². The van der Waals surface area contributed by atoms with E-state index in [0.29, 0.717) is 5.02 Å². The molecule has 5 heteroatoms. The molecule has 3 nitrogen and oxygen atoms in total. The zero-order chi connectivity index (χ0) is 12.3. The van der Waals surface area contributed by atoms with E-state index in [1.807, 2.05) is 18.2 Å². The van der Waals surface area contributed by atoms with Gasteiger partial charge in [-0.1, -0.05) is 11.6 Å². The van der Waals surface area contributed by atoms with Gasteiger partial charge in [0.15, 0.2) is 0 Å². The summed E-state index contributed by atoms with van der Waals surface area (Å²) in [6.45, 7) is 0.751. The number of hydrogen-bond acceptors (Lipinski definition) is 3. The average molecular weight is 365 g/mol. The summed E-state index contributed by atoms with van der Waals surface area (Å²) in [7, 11) is 0. The van der Waals surface area contributed by atoms with Gasteiger partial charge in [-0.25, -0.2) is 5.43 Å². The third kappa shape index (κ3) is 3.13. The van der Waals surface area contributed by atoms with Gasteiger partial charge < -0.3 is 4.74 Å². The van der Waals surface area contributed by atoms with Crippen LogP contribution in [0.15, 0.2) is 30.0 Å². The maximum atomic E-state index is 6.02. The van der Waals surface area contributed by atoms with Crippen molar-refractivity contribution in [1.29, 1.82) is 0 Å². The highest BCUT2D eigenvalue weighted by Gasteiger charge is 2.21. The lowest BCUT2D eigenvalue weighted by Gasteiger charge is -2.24. The third-order valence-electron chi connectivity index (χ3n) is 2.68. The smallest absolute Gasteiger partial charge is 0.115 e. The van der Waals surface area contributed by atoms with Gasteiger partial charge in [-0.2, -0.15) is 0 Å². The van der Waals surface area contributed by atoms with Gasteiger partial charge in [0.2, 0.25) is 0 Å². The first-order valence-corrected chi connectivity index (χ1v) is 6.92. The van der Waals surface area contributed by atoms with Crippen LogP contribution in [0.5, 0.6) is 0 Å². The van der Waals surface area contributed by atoms with Crippen molar-refractivity contribution < 1.29 is 4.74 Å². The second-order valence-corrected chi connectivity index (χ2v) is 5.46. The summed E-state index contributed by atoms with van der Waals surface area (Å²) in [5.74, 6) is 6.53. The predicted molar refractivity (Wildman–Crippen MR) is 77.5 cm³/mol. The Hall–Kier alpha value is -0.300.